The molecule has 0 saturated carbocycles. The molecule has 1 aliphatic heterocycles. The Labute approximate surface area is 250 Å². The second-order valence-electron chi connectivity index (χ2n) is 10.5. The van der Waals surface area contributed by atoms with Gasteiger partial charge in [-0.2, -0.15) is 10.4 Å². The second-order valence-corrected chi connectivity index (χ2v) is 10.5. The molecular weight excluding hydrogens is 542 g/mol. The van der Waals surface area contributed by atoms with E-state index in [1.165, 1.54) is 6.33 Å². The lowest BCUT2D eigenvalue weighted by Gasteiger charge is -2.45. The van der Waals surface area contributed by atoms with Crippen LogP contribution in [-0.2, 0) is 44.4 Å². The van der Waals surface area contributed by atoms with Crippen molar-refractivity contribution in [2.24, 2.45) is 0 Å². The Kier molecular flexibility index (Phi) is 8.72. The highest BCUT2D eigenvalue weighted by Gasteiger charge is 2.54. The average molecular weight is 576 g/mol. The third kappa shape index (κ3) is 6.28. The van der Waals surface area contributed by atoms with E-state index in [1.54, 1.807) is 16.6 Å². The van der Waals surface area contributed by atoms with Crippen LogP contribution < -0.4 is 5.73 Å². The van der Waals surface area contributed by atoms with Crippen molar-refractivity contribution in [3.8, 4) is 6.07 Å². The summed E-state index contributed by atoms with van der Waals surface area (Å²) < 4.78 is 27.6. The Balaban J connectivity index is 1.34. The second kappa shape index (κ2) is 13.2. The first-order valence-corrected chi connectivity index (χ1v) is 14.3. The van der Waals surface area contributed by atoms with Gasteiger partial charge in [-0.25, -0.2) is 9.50 Å². The van der Waals surface area contributed by atoms with Crippen molar-refractivity contribution in [2.75, 3.05) is 12.3 Å². The third-order valence-corrected chi connectivity index (χ3v) is 7.67. The number of hydrogen-bond donors (Lipinski definition) is 1. The fourth-order valence-electron chi connectivity index (χ4n) is 5.45. The van der Waals surface area contributed by atoms with E-state index < -0.39 is 23.9 Å². The van der Waals surface area contributed by atoms with Gasteiger partial charge in [-0.1, -0.05) is 91.0 Å². The van der Waals surface area contributed by atoms with Crippen LogP contribution in [-0.4, -0.2) is 39.5 Å². The molecule has 43 heavy (non-hydrogen) atoms. The Morgan fingerprint density at radius 1 is 0.837 bits per heavy atom. The molecule has 1 saturated heterocycles. The summed E-state index contributed by atoms with van der Waals surface area (Å²) in [5.41, 5.74) is 8.77. The van der Waals surface area contributed by atoms with Crippen molar-refractivity contribution < 1.29 is 18.9 Å². The van der Waals surface area contributed by atoms with Crippen LogP contribution in [0.3, 0.4) is 0 Å². The van der Waals surface area contributed by atoms with E-state index >= 15 is 0 Å². The molecule has 218 valence electrons. The van der Waals surface area contributed by atoms with Gasteiger partial charge in [0.25, 0.3) is 0 Å². The molecule has 2 N–H and O–H groups in total. The number of nitrogens with zero attached hydrogens (tertiary/aromatic N) is 4. The van der Waals surface area contributed by atoms with Crippen molar-refractivity contribution in [3.63, 3.8) is 0 Å². The van der Waals surface area contributed by atoms with Crippen LogP contribution >= 0.6 is 0 Å². The highest BCUT2D eigenvalue weighted by Crippen LogP contribution is 2.42. The predicted octanol–water partition coefficient (Wildman–Crippen LogP) is 5.21. The van der Waals surface area contributed by atoms with Crippen molar-refractivity contribution in [2.45, 2.75) is 50.2 Å². The number of benzene rings is 3. The van der Waals surface area contributed by atoms with Gasteiger partial charge in [-0.05, 0) is 28.8 Å². The fraction of sp³-hybridized carbons (Fsp3) is 0.265. The molecule has 0 radical (unpaired) electrons. The van der Waals surface area contributed by atoms with E-state index in [0.29, 0.717) is 43.3 Å². The predicted molar refractivity (Wildman–Crippen MR) is 160 cm³/mol. The van der Waals surface area contributed by atoms with Crippen LogP contribution in [0, 0.1) is 11.3 Å². The summed E-state index contributed by atoms with van der Waals surface area (Å²) in [6.45, 7) is 1.28. The van der Waals surface area contributed by atoms with Gasteiger partial charge in [0.15, 0.2) is 5.82 Å². The molecule has 0 spiro atoms. The SMILES string of the molecule is N#CC1(c2ccc3c(N)ncnn23)O[C@H](COCc2ccccc2)[C@@H](OCc2ccccc2)CC1OCc1ccccc1. The molecule has 3 aromatic carbocycles. The Bertz CT molecular complexity index is 1660. The largest absolute Gasteiger partial charge is 0.382 e. The van der Waals surface area contributed by atoms with Crippen molar-refractivity contribution in [3.05, 3.63) is 132 Å². The minimum Gasteiger partial charge on any atom is -0.382 e. The zero-order valence-electron chi connectivity index (χ0n) is 23.7. The van der Waals surface area contributed by atoms with Crippen molar-refractivity contribution >= 4 is 11.3 Å². The summed E-state index contributed by atoms with van der Waals surface area (Å²) in [4.78, 5) is 4.11. The van der Waals surface area contributed by atoms with Crippen LogP contribution in [0.5, 0.6) is 0 Å². The van der Waals surface area contributed by atoms with Gasteiger partial charge < -0.3 is 24.7 Å². The number of aromatic nitrogens is 3. The van der Waals surface area contributed by atoms with E-state index in [1.807, 2.05) is 91.0 Å². The summed E-state index contributed by atoms with van der Waals surface area (Å²) in [5.74, 6) is 0.304. The molecule has 3 heterocycles. The van der Waals surface area contributed by atoms with E-state index in [-0.39, 0.29) is 6.61 Å². The molecule has 2 unspecified atom stereocenters. The van der Waals surface area contributed by atoms with Gasteiger partial charge in [-0.3, -0.25) is 0 Å². The van der Waals surface area contributed by atoms with Gasteiger partial charge in [0.05, 0.1) is 38.2 Å². The fourth-order valence-corrected chi connectivity index (χ4v) is 5.45. The summed E-state index contributed by atoms with van der Waals surface area (Å²) in [7, 11) is 0. The van der Waals surface area contributed by atoms with E-state index in [9.17, 15) is 5.26 Å². The highest BCUT2D eigenvalue weighted by molar-refractivity contribution is 5.66. The van der Waals surface area contributed by atoms with Crippen molar-refractivity contribution in [1.82, 2.24) is 14.6 Å². The molecule has 5 aromatic rings. The Morgan fingerprint density at radius 3 is 2.07 bits per heavy atom. The zero-order chi connectivity index (χ0) is 29.5. The third-order valence-electron chi connectivity index (χ3n) is 7.67. The Morgan fingerprint density at radius 2 is 1.44 bits per heavy atom. The van der Waals surface area contributed by atoms with Gasteiger partial charge in [0, 0.05) is 6.42 Å². The normalized spacial score (nSPS) is 21.9. The van der Waals surface area contributed by atoms with Crippen LogP contribution in [0.4, 0.5) is 5.82 Å². The molecule has 9 heteroatoms. The summed E-state index contributed by atoms with van der Waals surface area (Å²) in [6.07, 6.45) is 0.0716. The monoisotopic (exact) mass is 575 g/mol. The maximum Gasteiger partial charge on any atom is 0.223 e. The molecule has 4 atom stereocenters. The summed E-state index contributed by atoms with van der Waals surface area (Å²) in [5, 5.41) is 15.3. The lowest BCUT2D eigenvalue weighted by atomic mass is 9.85. The number of hydrogen-bond acceptors (Lipinski definition) is 8. The summed E-state index contributed by atoms with van der Waals surface area (Å²) >= 11 is 0. The quantitative estimate of drug-likeness (QED) is 0.228. The van der Waals surface area contributed by atoms with Gasteiger partial charge in [0.2, 0.25) is 5.60 Å². The minimum absolute atomic E-state index is 0.212. The topological polar surface area (TPSA) is 117 Å². The average Bonchev–Trinajstić information content (AvgIpc) is 3.51. The molecular formula is C34H33N5O4. The van der Waals surface area contributed by atoms with Gasteiger partial charge in [0.1, 0.15) is 30.1 Å². The van der Waals surface area contributed by atoms with E-state index in [0.717, 1.165) is 16.7 Å². The Hall–Kier alpha value is -4.59. The minimum atomic E-state index is -1.53. The lowest BCUT2D eigenvalue weighted by molar-refractivity contribution is -0.247. The molecule has 0 aliphatic carbocycles. The maximum atomic E-state index is 10.9. The molecule has 6 rings (SSSR count). The zero-order valence-corrected chi connectivity index (χ0v) is 23.7. The van der Waals surface area contributed by atoms with Crippen LogP contribution in [0.15, 0.2) is 109 Å². The van der Waals surface area contributed by atoms with E-state index in [2.05, 4.69) is 16.2 Å². The first kappa shape index (κ1) is 28.5. The lowest BCUT2D eigenvalue weighted by Crippen LogP contribution is -2.57. The number of nitriles is 1. The summed E-state index contributed by atoms with van der Waals surface area (Å²) in [6, 6.07) is 35.8. The number of ether oxygens (including phenoxy) is 4. The molecule has 2 aromatic heterocycles. The molecule has 1 aliphatic rings. The molecule has 9 nitrogen and oxygen atoms in total. The number of rotatable bonds is 11. The number of anilines is 1. The van der Waals surface area contributed by atoms with Gasteiger partial charge in [-0.15, -0.1) is 0 Å². The van der Waals surface area contributed by atoms with Crippen molar-refractivity contribution in [1.29, 1.82) is 5.26 Å². The van der Waals surface area contributed by atoms with E-state index in [4.69, 9.17) is 24.7 Å². The molecule has 0 bridgehead atoms. The number of fused-ring (bicyclic) bond motifs is 1. The number of nitrogens with two attached hydrogens (primary N) is 1. The maximum absolute atomic E-state index is 10.9. The number of nitrogen functional groups attached to an aromatic ring is 1. The molecule has 1 fully saturated rings. The standard InChI is InChI=1S/C34H33N5O4/c35-23-34(31-17-16-28-33(36)37-24-38-39(28)31)32(42-21-27-14-8-3-9-15-27)18-29(41-20-26-12-6-2-7-13-26)30(43-34)22-40-19-25-10-4-1-5-11-25/h1-17,24,29-30,32H,18-22H2,(H2,36,37,38)/t29-,30+,32?,34?/m0/s1. The smallest absolute Gasteiger partial charge is 0.223 e. The van der Waals surface area contributed by atoms with Crippen LogP contribution in [0.1, 0.15) is 28.8 Å². The van der Waals surface area contributed by atoms with Gasteiger partial charge >= 0.3 is 0 Å². The first-order chi connectivity index (χ1) is 21.2. The van der Waals surface area contributed by atoms with Crippen LogP contribution in [0.2, 0.25) is 0 Å². The van der Waals surface area contributed by atoms with Crippen LogP contribution in [0.25, 0.3) is 5.52 Å². The highest BCUT2D eigenvalue weighted by atomic mass is 16.6. The molecule has 0 amide bonds. The first-order valence-electron chi connectivity index (χ1n) is 14.3.